The fourth-order valence-corrected chi connectivity index (χ4v) is 2.25. The summed E-state index contributed by atoms with van der Waals surface area (Å²) in [4.78, 5) is 0. The molecule has 0 bridgehead atoms. The maximum Gasteiger partial charge on any atom is 0.0509 e. The minimum absolute atomic E-state index is 0.127. The second-order valence-corrected chi connectivity index (χ2v) is 5.24. The van der Waals surface area contributed by atoms with E-state index >= 15 is 0 Å². The van der Waals surface area contributed by atoms with E-state index in [0.29, 0.717) is 0 Å². The standard InChI is InChI=1S/C8H16O2.C6H14O2/c9-6-8(7-10)4-2-1-3-5-8;7-5-3-1-2-4-6-8/h9-10H,1-7H2;7-8H,1-6H2. The molecule has 0 spiro atoms. The summed E-state index contributed by atoms with van der Waals surface area (Å²) in [5, 5.41) is 34.6. The minimum atomic E-state index is -0.127. The van der Waals surface area contributed by atoms with Crippen LogP contribution in [-0.2, 0) is 0 Å². The number of hydrogen-bond donors (Lipinski definition) is 4. The molecule has 110 valence electrons. The van der Waals surface area contributed by atoms with E-state index in [0.717, 1.165) is 38.5 Å². The largest absolute Gasteiger partial charge is 0.396 e. The third-order valence-electron chi connectivity index (χ3n) is 3.65. The van der Waals surface area contributed by atoms with Crippen LogP contribution in [-0.4, -0.2) is 46.9 Å². The van der Waals surface area contributed by atoms with Gasteiger partial charge in [0.1, 0.15) is 0 Å². The monoisotopic (exact) mass is 262 g/mol. The molecule has 4 nitrogen and oxygen atoms in total. The molecule has 4 heteroatoms. The Labute approximate surface area is 111 Å². The van der Waals surface area contributed by atoms with Crippen molar-refractivity contribution >= 4 is 0 Å². The molecular formula is C14H30O4. The number of hydrogen-bond acceptors (Lipinski definition) is 4. The van der Waals surface area contributed by atoms with Crippen LogP contribution in [0.2, 0.25) is 0 Å². The van der Waals surface area contributed by atoms with Crippen LogP contribution in [0, 0.1) is 5.41 Å². The van der Waals surface area contributed by atoms with Gasteiger partial charge in [0.25, 0.3) is 0 Å². The van der Waals surface area contributed by atoms with E-state index in [-0.39, 0.29) is 31.8 Å². The molecule has 0 unspecified atom stereocenters. The minimum Gasteiger partial charge on any atom is -0.396 e. The first-order valence-corrected chi connectivity index (χ1v) is 7.18. The van der Waals surface area contributed by atoms with Gasteiger partial charge in [0.05, 0.1) is 13.2 Å². The zero-order valence-corrected chi connectivity index (χ0v) is 11.5. The lowest BCUT2D eigenvalue weighted by molar-refractivity contribution is 0.0234. The molecule has 1 aliphatic carbocycles. The van der Waals surface area contributed by atoms with Crippen LogP contribution in [0.3, 0.4) is 0 Å². The first kappa shape index (κ1) is 17.8. The Balaban J connectivity index is 0.000000331. The second-order valence-electron chi connectivity index (χ2n) is 5.24. The van der Waals surface area contributed by atoms with Crippen LogP contribution < -0.4 is 0 Å². The van der Waals surface area contributed by atoms with E-state index in [4.69, 9.17) is 20.4 Å². The van der Waals surface area contributed by atoms with Crippen molar-refractivity contribution in [2.24, 2.45) is 5.41 Å². The van der Waals surface area contributed by atoms with Crippen molar-refractivity contribution in [2.45, 2.75) is 57.8 Å². The summed E-state index contributed by atoms with van der Waals surface area (Å²) >= 11 is 0. The smallest absolute Gasteiger partial charge is 0.0509 e. The van der Waals surface area contributed by atoms with E-state index in [1.165, 1.54) is 19.3 Å². The first-order valence-electron chi connectivity index (χ1n) is 7.18. The molecule has 0 aromatic heterocycles. The maximum absolute atomic E-state index is 8.98. The van der Waals surface area contributed by atoms with Gasteiger partial charge in [0.15, 0.2) is 0 Å². The normalized spacial score (nSPS) is 18.0. The molecule has 0 amide bonds. The zero-order chi connectivity index (χ0) is 13.7. The Morgan fingerprint density at radius 2 is 1.06 bits per heavy atom. The third-order valence-corrected chi connectivity index (χ3v) is 3.65. The highest BCUT2D eigenvalue weighted by molar-refractivity contribution is 4.80. The highest BCUT2D eigenvalue weighted by Crippen LogP contribution is 2.34. The van der Waals surface area contributed by atoms with Gasteiger partial charge in [-0.05, 0) is 25.7 Å². The van der Waals surface area contributed by atoms with Crippen LogP contribution in [0.5, 0.6) is 0 Å². The van der Waals surface area contributed by atoms with Crippen molar-refractivity contribution in [3.8, 4) is 0 Å². The zero-order valence-electron chi connectivity index (χ0n) is 11.5. The predicted octanol–water partition coefficient (Wildman–Crippen LogP) is 1.45. The van der Waals surface area contributed by atoms with Crippen LogP contribution in [0.4, 0.5) is 0 Å². The third kappa shape index (κ3) is 8.03. The Morgan fingerprint density at radius 3 is 1.33 bits per heavy atom. The molecule has 0 heterocycles. The molecular weight excluding hydrogens is 232 g/mol. The summed E-state index contributed by atoms with van der Waals surface area (Å²) in [5.74, 6) is 0. The number of aliphatic hydroxyl groups excluding tert-OH is 4. The molecule has 0 aliphatic heterocycles. The van der Waals surface area contributed by atoms with Crippen LogP contribution in [0.15, 0.2) is 0 Å². The Kier molecular flexibility index (Phi) is 11.8. The van der Waals surface area contributed by atoms with Crippen molar-refractivity contribution in [3.63, 3.8) is 0 Å². The summed E-state index contributed by atoms with van der Waals surface area (Å²) in [5.41, 5.74) is -0.127. The van der Waals surface area contributed by atoms with Crippen molar-refractivity contribution < 1.29 is 20.4 Å². The van der Waals surface area contributed by atoms with E-state index in [1.807, 2.05) is 0 Å². The average molecular weight is 262 g/mol. The quantitative estimate of drug-likeness (QED) is 0.524. The molecule has 4 N–H and O–H groups in total. The van der Waals surface area contributed by atoms with Gasteiger partial charge in [0, 0.05) is 18.6 Å². The van der Waals surface area contributed by atoms with Gasteiger partial charge >= 0.3 is 0 Å². The van der Waals surface area contributed by atoms with Gasteiger partial charge in [-0.25, -0.2) is 0 Å². The van der Waals surface area contributed by atoms with E-state index in [9.17, 15) is 0 Å². The number of aliphatic hydroxyl groups is 4. The van der Waals surface area contributed by atoms with Crippen molar-refractivity contribution in [2.75, 3.05) is 26.4 Å². The number of rotatable bonds is 7. The molecule has 1 rings (SSSR count). The Bertz CT molecular complexity index is 155. The lowest BCUT2D eigenvalue weighted by atomic mass is 9.75. The Hall–Kier alpha value is -0.160. The predicted molar refractivity (Wildman–Crippen MR) is 72.3 cm³/mol. The summed E-state index contributed by atoms with van der Waals surface area (Å²) in [6.07, 6.45) is 9.43. The number of unbranched alkanes of at least 4 members (excludes halogenated alkanes) is 3. The highest BCUT2D eigenvalue weighted by Gasteiger charge is 2.30. The molecule has 1 saturated carbocycles. The van der Waals surface area contributed by atoms with Gasteiger partial charge in [-0.2, -0.15) is 0 Å². The van der Waals surface area contributed by atoms with Gasteiger partial charge in [-0.1, -0.05) is 32.1 Å². The summed E-state index contributed by atoms with van der Waals surface area (Å²) < 4.78 is 0. The molecule has 0 atom stereocenters. The molecule has 1 fully saturated rings. The second kappa shape index (κ2) is 11.9. The van der Waals surface area contributed by atoms with Crippen LogP contribution in [0.1, 0.15) is 57.8 Å². The van der Waals surface area contributed by atoms with E-state index < -0.39 is 0 Å². The fraction of sp³-hybridized carbons (Fsp3) is 1.00. The molecule has 0 aromatic carbocycles. The van der Waals surface area contributed by atoms with Gasteiger partial charge in [-0.3, -0.25) is 0 Å². The van der Waals surface area contributed by atoms with Crippen molar-refractivity contribution in [1.29, 1.82) is 0 Å². The molecule has 0 aromatic rings. The molecule has 1 aliphatic rings. The maximum atomic E-state index is 8.98. The highest BCUT2D eigenvalue weighted by atomic mass is 16.3. The van der Waals surface area contributed by atoms with E-state index in [1.54, 1.807) is 0 Å². The summed E-state index contributed by atoms with van der Waals surface area (Å²) in [6.45, 7) is 0.879. The molecule has 18 heavy (non-hydrogen) atoms. The first-order chi connectivity index (χ1) is 8.74. The van der Waals surface area contributed by atoms with Crippen molar-refractivity contribution in [3.05, 3.63) is 0 Å². The van der Waals surface area contributed by atoms with Crippen molar-refractivity contribution in [1.82, 2.24) is 0 Å². The van der Waals surface area contributed by atoms with Gasteiger partial charge in [0.2, 0.25) is 0 Å². The Morgan fingerprint density at radius 1 is 0.611 bits per heavy atom. The fourth-order valence-electron chi connectivity index (χ4n) is 2.25. The topological polar surface area (TPSA) is 80.9 Å². The van der Waals surface area contributed by atoms with Gasteiger partial charge < -0.3 is 20.4 Å². The summed E-state index contributed by atoms with van der Waals surface area (Å²) in [6, 6.07) is 0. The van der Waals surface area contributed by atoms with E-state index in [2.05, 4.69) is 0 Å². The lowest BCUT2D eigenvalue weighted by Gasteiger charge is -2.33. The van der Waals surface area contributed by atoms with Crippen LogP contribution >= 0.6 is 0 Å². The lowest BCUT2D eigenvalue weighted by Crippen LogP contribution is -2.31. The van der Waals surface area contributed by atoms with Gasteiger partial charge in [-0.15, -0.1) is 0 Å². The average Bonchev–Trinajstić information content (AvgIpc) is 2.45. The molecule has 0 radical (unpaired) electrons. The summed E-state index contributed by atoms with van der Waals surface area (Å²) in [7, 11) is 0. The van der Waals surface area contributed by atoms with Crippen LogP contribution in [0.25, 0.3) is 0 Å². The molecule has 0 saturated heterocycles. The SMILES string of the molecule is OCC1(CO)CCCCC1.OCCCCCCO.